The average Bonchev–Trinajstić information content (AvgIpc) is 3.41. The number of nitrogens with one attached hydrogen (secondary N) is 2. The lowest BCUT2D eigenvalue weighted by atomic mass is 9.76. The average molecular weight is 596 g/mol. The Balaban J connectivity index is 1.65. The Hall–Kier alpha value is -4.62. The van der Waals surface area contributed by atoms with Gasteiger partial charge in [-0.15, -0.1) is 0 Å². The lowest BCUT2D eigenvalue weighted by Gasteiger charge is -2.31. The van der Waals surface area contributed by atoms with E-state index >= 15 is 0 Å². The summed E-state index contributed by atoms with van der Waals surface area (Å²) in [6.07, 6.45) is 0. The molecule has 3 amide bonds. The Morgan fingerprint density at radius 1 is 0.814 bits per heavy atom. The molecule has 2 N–H and O–H groups in total. The number of hydrogen-bond acceptors (Lipinski definition) is 4. The minimum Gasteiger partial charge on any atom is -0.497 e. The predicted octanol–water partition coefficient (Wildman–Crippen LogP) is 6.40. The molecule has 0 aromatic heterocycles. The third-order valence-electron chi connectivity index (χ3n) is 7.86. The molecule has 43 heavy (non-hydrogen) atoms. The summed E-state index contributed by atoms with van der Waals surface area (Å²) in [6.45, 7) is 2.41. The summed E-state index contributed by atoms with van der Waals surface area (Å²) in [7, 11) is 1.60. The van der Waals surface area contributed by atoms with Crippen molar-refractivity contribution in [2.75, 3.05) is 13.7 Å². The van der Waals surface area contributed by atoms with Gasteiger partial charge in [0, 0.05) is 29.6 Å². The molecule has 1 aliphatic heterocycles. The van der Waals surface area contributed by atoms with Gasteiger partial charge in [-0.1, -0.05) is 96.5 Å². The Labute approximate surface area is 256 Å². The van der Waals surface area contributed by atoms with Crippen molar-refractivity contribution < 1.29 is 19.1 Å². The molecule has 4 aromatic rings. The second-order valence-corrected chi connectivity index (χ2v) is 10.9. The number of benzene rings is 4. The Morgan fingerprint density at radius 3 is 2.09 bits per heavy atom. The van der Waals surface area contributed by atoms with Crippen molar-refractivity contribution >= 4 is 29.3 Å². The van der Waals surface area contributed by atoms with Gasteiger partial charge in [0.15, 0.2) is 5.78 Å². The van der Waals surface area contributed by atoms with Crippen molar-refractivity contribution in [2.45, 2.75) is 31.5 Å². The van der Waals surface area contributed by atoms with Crippen LogP contribution in [-0.4, -0.2) is 42.3 Å². The number of urea groups is 1. The number of halogens is 1. The first-order valence-electron chi connectivity index (χ1n) is 14.3. The lowest BCUT2D eigenvalue weighted by molar-refractivity contribution is -0.125. The maximum Gasteiger partial charge on any atom is 0.318 e. The van der Waals surface area contributed by atoms with E-state index in [1.807, 2.05) is 85.8 Å². The minimum absolute atomic E-state index is 0.154. The van der Waals surface area contributed by atoms with Crippen LogP contribution in [0.25, 0.3) is 0 Å². The summed E-state index contributed by atoms with van der Waals surface area (Å²) >= 11 is 6.46. The van der Waals surface area contributed by atoms with Crippen LogP contribution in [0.3, 0.4) is 0 Å². The van der Waals surface area contributed by atoms with Crippen molar-refractivity contribution in [3.8, 4) is 5.75 Å². The van der Waals surface area contributed by atoms with Crippen molar-refractivity contribution in [1.82, 2.24) is 15.5 Å². The molecule has 4 unspecified atom stereocenters. The molecular weight excluding hydrogens is 562 g/mol. The van der Waals surface area contributed by atoms with E-state index in [2.05, 4.69) is 10.6 Å². The standard InChI is InChI=1S/C35H34ClN3O4/c1-3-37-35(42)39-31(26-15-10-16-27(36)21-26)30(33(40)25-13-8-5-9-14-25)29(24-11-6-4-7-12-24)32(39)34(41)38-22-23-17-19-28(43-2)20-18-23/h4-21,29-32H,3,22H2,1-2H3,(H,37,42)(H,38,41). The van der Waals surface area contributed by atoms with E-state index in [1.165, 1.54) is 0 Å². The fourth-order valence-electron chi connectivity index (χ4n) is 5.96. The molecule has 8 heteroatoms. The quantitative estimate of drug-likeness (QED) is 0.219. The van der Waals surface area contributed by atoms with Gasteiger partial charge in [-0.05, 0) is 47.9 Å². The van der Waals surface area contributed by atoms with Gasteiger partial charge in [0.1, 0.15) is 11.8 Å². The molecule has 7 nitrogen and oxygen atoms in total. The maximum absolute atomic E-state index is 14.5. The molecule has 0 bridgehead atoms. The minimum atomic E-state index is -0.992. The summed E-state index contributed by atoms with van der Waals surface area (Å²) < 4.78 is 5.26. The van der Waals surface area contributed by atoms with Crippen LogP contribution in [-0.2, 0) is 11.3 Å². The fourth-order valence-corrected chi connectivity index (χ4v) is 6.16. The predicted molar refractivity (Wildman–Crippen MR) is 167 cm³/mol. The largest absolute Gasteiger partial charge is 0.497 e. The third-order valence-corrected chi connectivity index (χ3v) is 8.09. The van der Waals surface area contributed by atoms with Crippen molar-refractivity contribution in [2.24, 2.45) is 5.92 Å². The summed E-state index contributed by atoms with van der Waals surface area (Å²) in [5.74, 6) is -1.21. The molecule has 1 saturated heterocycles. The molecule has 0 aliphatic carbocycles. The SMILES string of the molecule is CCNC(=O)N1C(C(=O)NCc2ccc(OC)cc2)C(c2ccccc2)C(C(=O)c2ccccc2)C1c1cccc(Cl)c1. The molecule has 4 aromatic carbocycles. The van der Waals surface area contributed by atoms with Gasteiger partial charge in [0.05, 0.1) is 19.1 Å². The number of carbonyl (C=O) groups is 3. The summed E-state index contributed by atoms with van der Waals surface area (Å²) in [5, 5.41) is 6.42. The molecule has 1 fully saturated rings. The molecule has 0 radical (unpaired) electrons. The zero-order chi connectivity index (χ0) is 30.3. The lowest BCUT2D eigenvalue weighted by Crippen LogP contribution is -2.51. The number of nitrogens with zero attached hydrogens (tertiary/aromatic N) is 1. The molecule has 220 valence electrons. The zero-order valence-corrected chi connectivity index (χ0v) is 24.8. The molecule has 4 atom stereocenters. The normalized spacial score (nSPS) is 19.5. The monoisotopic (exact) mass is 595 g/mol. The van der Waals surface area contributed by atoms with Gasteiger partial charge in [0.2, 0.25) is 5.91 Å². The van der Waals surface area contributed by atoms with Gasteiger partial charge in [-0.3, -0.25) is 9.59 Å². The highest BCUT2D eigenvalue weighted by atomic mass is 35.5. The first-order chi connectivity index (χ1) is 20.9. The summed E-state index contributed by atoms with van der Waals surface area (Å²) in [6, 6.07) is 30.9. The van der Waals surface area contributed by atoms with E-state index in [0.29, 0.717) is 28.4 Å². The highest BCUT2D eigenvalue weighted by Gasteiger charge is 2.57. The number of Topliss-reactive ketones (excluding diaryl/α,β-unsaturated/α-hetero) is 1. The van der Waals surface area contributed by atoms with E-state index in [-0.39, 0.29) is 18.2 Å². The number of carbonyl (C=O) groups excluding carboxylic acids is 3. The van der Waals surface area contributed by atoms with Gasteiger partial charge in [-0.25, -0.2) is 4.79 Å². The first kappa shape index (κ1) is 29.9. The molecular formula is C35H34ClN3O4. The van der Waals surface area contributed by atoms with E-state index in [1.54, 1.807) is 42.3 Å². The van der Waals surface area contributed by atoms with Crippen molar-refractivity contribution in [1.29, 1.82) is 0 Å². The number of hydrogen-bond donors (Lipinski definition) is 2. The Morgan fingerprint density at radius 2 is 1.47 bits per heavy atom. The molecule has 0 saturated carbocycles. The Bertz CT molecular complexity index is 1560. The number of methoxy groups -OCH3 is 1. The van der Waals surface area contributed by atoms with Crippen LogP contribution in [0, 0.1) is 5.92 Å². The highest BCUT2D eigenvalue weighted by Crippen LogP contribution is 2.51. The summed E-state index contributed by atoms with van der Waals surface area (Å²) in [4.78, 5) is 44.3. The van der Waals surface area contributed by atoms with Crippen LogP contribution in [0.15, 0.2) is 109 Å². The third kappa shape index (κ3) is 6.42. The second kappa shape index (κ2) is 13.6. The number of ether oxygens (including phenoxy) is 1. The van der Waals surface area contributed by atoms with Gasteiger partial charge in [-0.2, -0.15) is 0 Å². The first-order valence-corrected chi connectivity index (χ1v) is 14.7. The molecule has 0 spiro atoms. The topological polar surface area (TPSA) is 87.7 Å². The van der Waals surface area contributed by atoms with Crippen LogP contribution in [0.1, 0.15) is 45.9 Å². The highest BCUT2D eigenvalue weighted by molar-refractivity contribution is 6.30. The zero-order valence-electron chi connectivity index (χ0n) is 24.1. The van der Waals surface area contributed by atoms with E-state index in [4.69, 9.17) is 16.3 Å². The number of likely N-dealkylation sites (tertiary alicyclic amines) is 1. The van der Waals surface area contributed by atoms with E-state index in [9.17, 15) is 14.4 Å². The van der Waals surface area contributed by atoms with Crippen molar-refractivity contribution in [3.63, 3.8) is 0 Å². The Kier molecular flexibility index (Phi) is 9.42. The van der Waals surface area contributed by atoms with E-state index in [0.717, 1.165) is 11.1 Å². The van der Waals surface area contributed by atoms with Gasteiger partial charge < -0.3 is 20.3 Å². The van der Waals surface area contributed by atoms with Crippen LogP contribution < -0.4 is 15.4 Å². The molecule has 1 heterocycles. The number of ketones is 1. The smallest absolute Gasteiger partial charge is 0.318 e. The van der Waals surface area contributed by atoms with Crippen molar-refractivity contribution in [3.05, 3.63) is 136 Å². The molecule has 1 aliphatic rings. The van der Waals surface area contributed by atoms with E-state index < -0.39 is 30.0 Å². The second-order valence-electron chi connectivity index (χ2n) is 10.4. The van der Waals surface area contributed by atoms with Gasteiger partial charge >= 0.3 is 6.03 Å². The van der Waals surface area contributed by atoms with Crippen LogP contribution >= 0.6 is 11.6 Å². The number of rotatable bonds is 9. The van der Waals surface area contributed by atoms with Crippen LogP contribution in [0.4, 0.5) is 4.79 Å². The number of amides is 3. The molecule has 5 rings (SSSR count). The fraction of sp³-hybridized carbons (Fsp3) is 0.229. The van der Waals surface area contributed by atoms with Gasteiger partial charge in [0.25, 0.3) is 0 Å². The van der Waals surface area contributed by atoms with Crippen LogP contribution in [0.5, 0.6) is 5.75 Å². The van der Waals surface area contributed by atoms with Crippen LogP contribution in [0.2, 0.25) is 5.02 Å². The maximum atomic E-state index is 14.5. The summed E-state index contributed by atoms with van der Waals surface area (Å²) in [5.41, 5.74) is 2.85.